The summed E-state index contributed by atoms with van der Waals surface area (Å²) in [5.41, 5.74) is 4.56. The summed E-state index contributed by atoms with van der Waals surface area (Å²) in [4.78, 5) is 46.2. The number of nitrogens with zero attached hydrogens (tertiary/aromatic N) is 1. The topological polar surface area (TPSA) is 133 Å². The molecule has 4 heterocycles. The van der Waals surface area contributed by atoms with Crippen molar-refractivity contribution < 1.29 is 24.2 Å². The number of carbonyl (C=O) groups is 3. The molecular weight excluding hydrogens is 608 g/mol. The average Bonchev–Trinajstić information content (AvgIpc) is 3.66. The van der Waals surface area contributed by atoms with Crippen LogP contribution in [0.15, 0.2) is 63.9 Å². The zero-order chi connectivity index (χ0) is 28.7. The van der Waals surface area contributed by atoms with Gasteiger partial charge in [0.2, 0.25) is 0 Å². The van der Waals surface area contributed by atoms with Crippen molar-refractivity contribution in [1.29, 1.82) is 0 Å². The van der Waals surface area contributed by atoms with E-state index in [0.717, 1.165) is 34.0 Å². The molecule has 0 spiro atoms. The molecule has 2 aromatic carbocycles. The SMILES string of the molecule is CCCNC(=O)c1ccc(-c2cc3c(cc2C(=O)Nc2ccc4[nH]ccc4c2Br)-c2cscc2CO3)c(C(=O)O)n1. The smallest absolute Gasteiger partial charge is 0.355 e. The van der Waals surface area contributed by atoms with Crippen LogP contribution in [0, 0.1) is 0 Å². The van der Waals surface area contributed by atoms with E-state index in [1.165, 1.54) is 12.1 Å². The Labute approximate surface area is 246 Å². The lowest BCUT2D eigenvalue weighted by atomic mass is 9.91. The molecule has 0 fully saturated rings. The van der Waals surface area contributed by atoms with Crippen molar-refractivity contribution in [3.8, 4) is 28.0 Å². The highest BCUT2D eigenvalue weighted by molar-refractivity contribution is 9.10. The third-order valence-electron chi connectivity index (χ3n) is 6.85. The van der Waals surface area contributed by atoms with Crippen LogP contribution in [0.25, 0.3) is 33.2 Å². The van der Waals surface area contributed by atoms with Crippen LogP contribution in [0.2, 0.25) is 0 Å². The van der Waals surface area contributed by atoms with Gasteiger partial charge in [0, 0.05) is 57.0 Å². The number of fused-ring (bicyclic) bond motifs is 4. The molecule has 1 aliphatic heterocycles. The second kappa shape index (κ2) is 10.8. The number of carbonyl (C=O) groups excluding carboxylic acids is 2. The van der Waals surface area contributed by atoms with Crippen LogP contribution in [0.5, 0.6) is 5.75 Å². The number of hydrogen-bond donors (Lipinski definition) is 4. The van der Waals surface area contributed by atoms with E-state index in [1.54, 1.807) is 29.5 Å². The van der Waals surface area contributed by atoms with Crippen LogP contribution < -0.4 is 15.4 Å². The number of amides is 2. The summed E-state index contributed by atoms with van der Waals surface area (Å²) in [5, 5.41) is 20.7. The molecule has 0 radical (unpaired) electrons. The molecule has 206 valence electrons. The van der Waals surface area contributed by atoms with Crippen LogP contribution in [0.3, 0.4) is 0 Å². The molecule has 0 bridgehead atoms. The van der Waals surface area contributed by atoms with Crippen molar-refractivity contribution in [2.24, 2.45) is 0 Å². The van der Waals surface area contributed by atoms with Crippen molar-refractivity contribution in [2.45, 2.75) is 20.0 Å². The van der Waals surface area contributed by atoms with Crippen molar-refractivity contribution in [1.82, 2.24) is 15.3 Å². The van der Waals surface area contributed by atoms with E-state index in [1.807, 2.05) is 36.0 Å². The molecule has 1 aliphatic rings. The highest BCUT2D eigenvalue weighted by Crippen LogP contribution is 2.44. The number of benzene rings is 2. The predicted octanol–water partition coefficient (Wildman–Crippen LogP) is 6.70. The zero-order valence-corrected chi connectivity index (χ0v) is 24.1. The molecule has 9 nitrogen and oxygen atoms in total. The Morgan fingerprint density at radius 1 is 1.05 bits per heavy atom. The number of carboxylic acids is 1. The fourth-order valence-corrected chi connectivity index (χ4v) is 6.24. The lowest BCUT2D eigenvalue weighted by Crippen LogP contribution is -2.25. The molecule has 41 heavy (non-hydrogen) atoms. The molecule has 0 saturated heterocycles. The monoisotopic (exact) mass is 630 g/mol. The molecule has 11 heteroatoms. The second-order valence-corrected chi connectivity index (χ2v) is 11.0. The molecule has 0 aliphatic carbocycles. The summed E-state index contributed by atoms with van der Waals surface area (Å²) in [6.07, 6.45) is 2.54. The second-order valence-electron chi connectivity index (χ2n) is 9.47. The lowest BCUT2D eigenvalue weighted by molar-refractivity contribution is 0.0691. The molecule has 4 N–H and O–H groups in total. The summed E-state index contributed by atoms with van der Waals surface area (Å²) >= 11 is 5.13. The minimum atomic E-state index is -1.32. The number of carboxylic acid groups (broad SMARTS) is 1. The number of H-pyrrole nitrogens is 1. The first-order valence-electron chi connectivity index (χ1n) is 12.8. The van der Waals surface area contributed by atoms with Gasteiger partial charge >= 0.3 is 5.97 Å². The number of aromatic carboxylic acids is 1. The maximum absolute atomic E-state index is 13.9. The number of hydrogen-bond acceptors (Lipinski definition) is 6. The Kier molecular flexibility index (Phi) is 7.06. The first-order valence-corrected chi connectivity index (χ1v) is 14.6. The molecule has 6 rings (SSSR count). The van der Waals surface area contributed by atoms with Crippen LogP contribution in [-0.4, -0.2) is 39.4 Å². The van der Waals surface area contributed by atoms with Crippen molar-refractivity contribution in [3.63, 3.8) is 0 Å². The fourth-order valence-electron chi connectivity index (χ4n) is 4.83. The summed E-state index contributed by atoms with van der Waals surface area (Å²) in [6, 6.07) is 11.9. The summed E-state index contributed by atoms with van der Waals surface area (Å²) in [6.45, 7) is 2.71. The molecule has 2 amide bonds. The van der Waals surface area contributed by atoms with Gasteiger partial charge in [0.1, 0.15) is 18.1 Å². The van der Waals surface area contributed by atoms with Gasteiger partial charge in [0.15, 0.2) is 5.69 Å². The van der Waals surface area contributed by atoms with Gasteiger partial charge in [0.25, 0.3) is 11.8 Å². The van der Waals surface area contributed by atoms with E-state index in [2.05, 4.69) is 36.5 Å². The first kappa shape index (κ1) is 26.7. The molecule has 0 saturated carbocycles. The van der Waals surface area contributed by atoms with Crippen LogP contribution in [0.1, 0.15) is 50.2 Å². The predicted molar refractivity (Wildman–Crippen MR) is 161 cm³/mol. The van der Waals surface area contributed by atoms with Gasteiger partial charge in [-0.1, -0.05) is 6.92 Å². The van der Waals surface area contributed by atoms with E-state index in [4.69, 9.17) is 4.74 Å². The van der Waals surface area contributed by atoms with E-state index < -0.39 is 17.8 Å². The summed E-state index contributed by atoms with van der Waals surface area (Å²) < 4.78 is 6.73. The fraction of sp³-hybridized carbons (Fsp3) is 0.133. The average molecular weight is 632 g/mol. The number of nitrogens with one attached hydrogen (secondary N) is 3. The van der Waals surface area contributed by atoms with Gasteiger partial charge in [-0.15, -0.1) is 0 Å². The third-order valence-corrected chi connectivity index (χ3v) is 8.50. The number of aromatic amines is 1. The zero-order valence-electron chi connectivity index (χ0n) is 21.7. The molecule has 3 aromatic heterocycles. The lowest BCUT2D eigenvalue weighted by Gasteiger charge is -2.22. The highest BCUT2D eigenvalue weighted by Gasteiger charge is 2.27. The highest BCUT2D eigenvalue weighted by atomic mass is 79.9. The van der Waals surface area contributed by atoms with Gasteiger partial charge < -0.3 is 25.5 Å². The number of pyridine rings is 1. The van der Waals surface area contributed by atoms with Gasteiger partial charge in [-0.05, 0) is 75.6 Å². The number of ether oxygens (including phenoxy) is 1. The van der Waals surface area contributed by atoms with Crippen LogP contribution >= 0.6 is 27.3 Å². The van der Waals surface area contributed by atoms with E-state index >= 15 is 0 Å². The van der Waals surface area contributed by atoms with Gasteiger partial charge in [0.05, 0.1) is 10.2 Å². The van der Waals surface area contributed by atoms with Crippen LogP contribution in [-0.2, 0) is 6.61 Å². The quantitative estimate of drug-likeness (QED) is 0.158. The van der Waals surface area contributed by atoms with Gasteiger partial charge in [-0.3, -0.25) is 9.59 Å². The maximum atomic E-state index is 13.9. The Hall–Kier alpha value is -4.48. The first-order chi connectivity index (χ1) is 19.9. The summed E-state index contributed by atoms with van der Waals surface area (Å²) in [5.74, 6) is -1.71. The van der Waals surface area contributed by atoms with Gasteiger partial charge in [-0.2, -0.15) is 11.3 Å². The minimum absolute atomic E-state index is 0.0218. The Morgan fingerprint density at radius 2 is 1.90 bits per heavy atom. The number of rotatable bonds is 7. The Balaban J connectivity index is 1.49. The minimum Gasteiger partial charge on any atom is -0.488 e. The van der Waals surface area contributed by atoms with Gasteiger partial charge in [-0.25, -0.2) is 9.78 Å². The van der Waals surface area contributed by atoms with E-state index in [9.17, 15) is 19.5 Å². The molecular formula is C30H23BrN4O5S. The normalized spacial score (nSPS) is 11.9. The Bertz CT molecular complexity index is 1860. The standard InChI is InChI=1S/C30H23BrN4O5S/c1-2-8-33-29(37)24-4-3-16(27(34-24)30(38)39)18-11-25-19(21-14-41-13-15(21)12-40-25)10-20(18)28(36)35-23-6-5-22-17(26(23)31)7-9-32-22/h3-7,9-11,13-14,32H,2,8,12H2,1H3,(H,33,37)(H,35,36)(H,38,39). The molecule has 5 aromatic rings. The van der Waals surface area contributed by atoms with Crippen molar-refractivity contribution in [3.05, 3.63) is 86.4 Å². The number of halogens is 1. The number of thiophene rings is 1. The Morgan fingerprint density at radius 3 is 2.71 bits per heavy atom. The molecule has 0 unspecified atom stereocenters. The molecule has 0 atom stereocenters. The number of aromatic nitrogens is 2. The van der Waals surface area contributed by atoms with E-state index in [-0.39, 0.29) is 22.5 Å². The van der Waals surface area contributed by atoms with E-state index in [0.29, 0.717) is 34.6 Å². The third kappa shape index (κ3) is 4.87. The van der Waals surface area contributed by atoms with Crippen molar-refractivity contribution >= 4 is 61.6 Å². The maximum Gasteiger partial charge on any atom is 0.355 e. The van der Waals surface area contributed by atoms with Crippen molar-refractivity contribution in [2.75, 3.05) is 11.9 Å². The van der Waals surface area contributed by atoms with Crippen LogP contribution in [0.4, 0.5) is 5.69 Å². The summed E-state index contributed by atoms with van der Waals surface area (Å²) in [7, 11) is 0. The largest absolute Gasteiger partial charge is 0.488 e. The number of anilines is 1.